The molecule has 1 N–H and O–H groups in total. The number of allylic oxidation sites excluding steroid dienone is 1. The summed E-state index contributed by atoms with van der Waals surface area (Å²) in [6, 6.07) is 9.03. The molecule has 0 spiro atoms. The highest BCUT2D eigenvalue weighted by Gasteiger charge is 2.46. The van der Waals surface area contributed by atoms with Crippen LogP contribution in [0.2, 0.25) is 0 Å². The summed E-state index contributed by atoms with van der Waals surface area (Å²) in [7, 11) is 1.23. The van der Waals surface area contributed by atoms with Gasteiger partial charge in [-0.3, -0.25) is 9.59 Å². The van der Waals surface area contributed by atoms with Gasteiger partial charge in [0, 0.05) is 11.6 Å². The van der Waals surface area contributed by atoms with Gasteiger partial charge in [-0.2, -0.15) is 0 Å². The third-order valence-corrected chi connectivity index (χ3v) is 4.14. The van der Waals surface area contributed by atoms with Gasteiger partial charge in [-0.1, -0.05) is 43.7 Å². The molecule has 1 aromatic rings. The molecule has 0 aliphatic carbocycles. The molecule has 0 aromatic heterocycles. The molecule has 1 heterocycles. The van der Waals surface area contributed by atoms with E-state index in [0.717, 1.165) is 6.42 Å². The number of carbonyl (C=O) groups excluding carboxylic acids is 3. The predicted octanol–water partition coefficient (Wildman–Crippen LogP) is 2.31. The lowest BCUT2D eigenvalue weighted by Gasteiger charge is -2.33. The van der Waals surface area contributed by atoms with Gasteiger partial charge in [0.2, 0.25) is 5.91 Å². The van der Waals surface area contributed by atoms with Crippen molar-refractivity contribution in [3.8, 4) is 0 Å². The lowest BCUT2D eigenvalue weighted by molar-refractivity contribution is -0.151. The Hall–Kier alpha value is -2.63. The van der Waals surface area contributed by atoms with Crippen LogP contribution in [-0.4, -0.2) is 31.6 Å². The Balaban J connectivity index is 2.65. The van der Waals surface area contributed by atoms with E-state index in [9.17, 15) is 14.4 Å². The third kappa shape index (κ3) is 3.90. The average Bonchev–Trinajstić information content (AvgIpc) is 2.61. The van der Waals surface area contributed by atoms with Gasteiger partial charge < -0.3 is 14.8 Å². The maximum Gasteiger partial charge on any atom is 0.336 e. The van der Waals surface area contributed by atoms with E-state index in [0.29, 0.717) is 23.3 Å². The molecular weight excluding hydrogens is 322 g/mol. The normalized spacial score (nSPS) is 20.0. The zero-order valence-electron chi connectivity index (χ0n) is 14.7. The highest BCUT2D eigenvalue weighted by molar-refractivity contribution is 6.05. The van der Waals surface area contributed by atoms with Crippen molar-refractivity contribution >= 4 is 17.8 Å². The van der Waals surface area contributed by atoms with Gasteiger partial charge in [0.1, 0.15) is 5.92 Å². The molecular formula is C19H23NO5. The van der Waals surface area contributed by atoms with Crippen LogP contribution < -0.4 is 5.32 Å². The van der Waals surface area contributed by atoms with Gasteiger partial charge in [0.05, 0.1) is 19.3 Å². The van der Waals surface area contributed by atoms with Crippen molar-refractivity contribution < 1.29 is 23.9 Å². The number of hydrogen-bond donors (Lipinski definition) is 1. The van der Waals surface area contributed by atoms with Gasteiger partial charge in [0.25, 0.3) is 0 Å². The van der Waals surface area contributed by atoms with Crippen molar-refractivity contribution in [3.05, 3.63) is 47.2 Å². The van der Waals surface area contributed by atoms with Crippen LogP contribution in [0.1, 0.15) is 38.2 Å². The summed E-state index contributed by atoms with van der Waals surface area (Å²) in [5.41, 5.74) is 1.54. The summed E-state index contributed by atoms with van der Waals surface area (Å²) < 4.78 is 10.0. The predicted molar refractivity (Wildman–Crippen MR) is 91.4 cm³/mol. The molecule has 1 aliphatic rings. The largest absolute Gasteiger partial charge is 0.468 e. The highest BCUT2D eigenvalue weighted by Crippen LogP contribution is 2.39. The van der Waals surface area contributed by atoms with Crippen molar-refractivity contribution in [1.29, 1.82) is 0 Å². The van der Waals surface area contributed by atoms with Gasteiger partial charge in [0.15, 0.2) is 0 Å². The molecule has 1 aliphatic heterocycles. The van der Waals surface area contributed by atoms with Crippen molar-refractivity contribution in [1.82, 2.24) is 5.32 Å². The Morgan fingerprint density at radius 2 is 1.84 bits per heavy atom. The summed E-state index contributed by atoms with van der Waals surface area (Å²) in [4.78, 5) is 37.5. The molecule has 1 amide bonds. The second-order valence-electron chi connectivity index (χ2n) is 5.74. The smallest absolute Gasteiger partial charge is 0.336 e. The summed E-state index contributed by atoms with van der Waals surface area (Å²) in [5, 5.41) is 2.71. The molecule has 0 bridgehead atoms. The van der Waals surface area contributed by atoms with Crippen LogP contribution in [0, 0.1) is 5.92 Å². The van der Waals surface area contributed by atoms with E-state index in [1.165, 1.54) is 7.11 Å². The number of amides is 1. The maximum absolute atomic E-state index is 12.6. The maximum atomic E-state index is 12.6. The van der Waals surface area contributed by atoms with Crippen LogP contribution in [0.25, 0.3) is 0 Å². The number of benzene rings is 1. The molecule has 0 saturated carbocycles. The fraction of sp³-hybridized carbons (Fsp3) is 0.421. The van der Waals surface area contributed by atoms with E-state index < -0.39 is 29.7 Å². The first-order valence-electron chi connectivity index (χ1n) is 8.38. The van der Waals surface area contributed by atoms with Crippen molar-refractivity contribution in [2.75, 3.05) is 13.7 Å². The zero-order valence-corrected chi connectivity index (χ0v) is 14.7. The minimum atomic E-state index is -1.13. The molecule has 1 aromatic carbocycles. The first-order valence-corrected chi connectivity index (χ1v) is 8.38. The van der Waals surface area contributed by atoms with Crippen molar-refractivity contribution in [2.45, 2.75) is 32.6 Å². The van der Waals surface area contributed by atoms with Crippen LogP contribution in [0.15, 0.2) is 41.6 Å². The Labute approximate surface area is 147 Å². The lowest BCUT2D eigenvalue weighted by atomic mass is 9.76. The molecule has 0 saturated heterocycles. The summed E-state index contributed by atoms with van der Waals surface area (Å²) in [6.07, 6.45) is 1.25. The molecule has 134 valence electrons. The highest BCUT2D eigenvalue weighted by atomic mass is 16.5. The monoisotopic (exact) mass is 345 g/mol. The molecule has 2 rings (SSSR count). The number of nitrogens with one attached hydrogen (secondary N) is 1. The molecule has 0 radical (unpaired) electrons. The fourth-order valence-electron chi connectivity index (χ4n) is 3.10. The van der Waals surface area contributed by atoms with Crippen LogP contribution in [0.5, 0.6) is 0 Å². The molecule has 6 heteroatoms. The molecule has 6 nitrogen and oxygen atoms in total. The van der Waals surface area contributed by atoms with E-state index in [1.807, 2.05) is 13.0 Å². The van der Waals surface area contributed by atoms with Gasteiger partial charge >= 0.3 is 11.9 Å². The fourth-order valence-corrected chi connectivity index (χ4v) is 3.10. The minimum absolute atomic E-state index is 0.208. The molecule has 25 heavy (non-hydrogen) atoms. The average molecular weight is 345 g/mol. The quantitative estimate of drug-likeness (QED) is 0.632. The standard InChI is InChI=1S/C19H23NO5/c1-4-9-13-15(19(23)25-5-2)14(12-10-7-6-8-11-12)16(17(21)20-13)18(22)24-3/h6-8,10-11,14,16H,4-5,9H2,1-3H3,(H,20,21). The van der Waals surface area contributed by atoms with Crippen LogP contribution in [0.3, 0.4) is 0 Å². The minimum Gasteiger partial charge on any atom is -0.468 e. The lowest BCUT2D eigenvalue weighted by Crippen LogP contribution is -2.46. The Bertz CT molecular complexity index is 680. The Kier molecular flexibility index (Phi) is 6.33. The molecule has 2 unspecified atom stereocenters. The molecule has 0 fully saturated rings. The number of carbonyl (C=O) groups is 3. The summed E-state index contributed by atoms with van der Waals surface area (Å²) >= 11 is 0. The topological polar surface area (TPSA) is 81.7 Å². The van der Waals surface area contributed by atoms with E-state index in [-0.39, 0.29) is 6.61 Å². The van der Waals surface area contributed by atoms with E-state index >= 15 is 0 Å². The van der Waals surface area contributed by atoms with Crippen LogP contribution >= 0.6 is 0 Å². The second kappa shape index (κ2) is 8.46. The van der Waals surface area contributed by atoms with Gasteiger partial charge in [-0.05, 0) is 18.9 Å². The Morgan fingerprint density at radius 3 is 2.40 bits per heavy atom. The van der Waals surface area contributed by atoms with Gasteiger partial charge in [-0.15, -0.1) is 0 Å². The van der Waals surface area contributed by atoms with E-state index in [1.54, 1.807) is 31.2 Å². The summed E-state index contributed by atoms with van der Waals surface area (Å²) in [6.45, 7) is 3.88. The van der Waals surface area contributed by atoms with E-state index in [2.05, 4.69) is 5.32 Å². The molecule has 2 atom stereocenters. The number of rotatable bonds is 6. The van der Waals surface area contributed by atoms with Crippen molar-refractivity contribution in [3.63, 3.8) is 0 Å². The third-order valence-electron chi connectivity index (χ3n) is 4.14. The number of methoxy groups -OCH3 is 1. The van der Waals surface area contributed by atoms with Crippen LogP contribution in [0.4, 0.5) is 0 Å². The van der Waals surface area contributed by atoms with Gasteiger partial charge in [-0.25, -0.2) is 4.79 Å². The number of ether oxygens (including phenoxy) is 2. The van der Waals surface area contributed by atoms with E-state index in [4.69, 9.17) is 9.47 Å². The SMILES string of the molecule is CCCC1=C(C(=O)OCC)C(c2ccccc2)C(C(=O)OC)C(=O)N1. The van der Waals surface area contributed by atoms with Crippen molar-refractivity contribution in [2.24, 2.45) is 5.92 Å². The first kappa shape index (κ1) is 18.7. The number of esters is 2. The first-order chi connectivity index (χ1) is 12.0. The Morgan fingerprint density at radius 1 is 1.16 bits per heavy atom. The second-order valence-corrected chi connectivity index (χ2v) is 5.74. The van der Waals surface area contributed by atoms with Crippen LogP contribution in [-0.2, 0) is 23.9 Å². The summed E-state index contributed by atoms with van der Waals surface area (Å²) in [5.74, 6) is -3.52. The zero-order chi connectivity index (χ0) is 18.4. The number of hydrogen-bond acceptors (Lipinski definition) is 5.